The van der Waals surface area contributed by atoms with Crippen LogP contribution in [0.5, 0.6) is 0 Å². The SMILES string of the molecule is CNCC1(CN2CCCC2CO)CCCCC1. The summed E-state index contributed by atoms with van der Waals surface area (Å²) in [6, 6.07) is 0.436. The molecule has 3 nitrogen and oxygen atoms in total. The van der Waals surface area contributed by atoms with Crippen molar-refractivity contribution in [1.29, 1.82) is 0 Å². The highest BCUT2D eigenvalue weighted by molar-refractivity contribution is 4.91. The Morgan fingerprint density at radius 1 is 1.24 bits per heavy atom. The third-order valence-electron chi connectivity index (χ3n) is 4.71. The van der Waals surface area contributed by atoms with E-state index in [0.717, 1.165) is 6.54 Å². The van der Waals surface area contributed by atoms with Crippen LogP contribution in [0, 0.1) is 5.41 Å². The first-order valence-electron chi connectivity index (χ1n) is 7.29. The highest BCUT2D eigenvalue weighted by Gasteiger charge is 2.36. The summed E-state index contributed by atoms with van der Waals surface area (Å²) < 4.78 is 0. The molecule has 3 heteroatoms. The summed E-state index contributed by atoms with van der Waals surface area (Å²) in [5.41, 5.74) is 0.477. The van der Waals surface area contributed by atoms with Crippen LogP contribution in [0.1, 0.15) is 44.9 Å². The molecule has 17 heavy (non-hydrogen) atoms. The molecule has 0 aromatic carbocycles. The van der Waals surface area contributed by atoms with Crippen LogP contribution in [-0.2, 0) is 0 Å². The summed E-state index contributed by atoms with van der Waals surface area (Å²) >= 11 is 0. The van der Waals surface area contributed by atoms with Crippen LogP contribution in [0.4, 0.5) is 0 Å². The smallest absolute Gasteiger partial charge is 0.0586 e. The van der Waals surface area contributed by atoms with E-state index in [-0.39, 0.29) is 0 Å². The summed E-state index contributed by atoms with van der Waals surface area (Å²) in [7, 11) is 2.07. The zero-order chi connectivity index (χ0) is 12.1. The van der Waals surface area contributed by atoms with Crippen molar-refractivity contribution in [3.05, 3.63) is 0 Å². The van der Waals surface area contributed by atoms with Gasteiger partial charge >= 0.3 is 0 Å². The van der Waals surface area contributed by atoms with Crippen LogP contribution in [-0.4, -0.2) is 49.3 Å². The lowest BCUT2D eigenvalue weighted by Crippen LogP contribution is -2.47. The van der Waals surface area contributed by atoms with Crippen LogP contribution >= 0.6 is 0 Å². The predicted molar refractivity (Wildman–Crippen MR) is 71.1 cm³/mol. The third kappa shape index (κ3) is 3.21. The van der Waals surface area contributed by atoms with Gasteiger partial charge in [-0.05, 0) is 44.7 Å². The van der Waals surface area contributed by atoms with Gasteiger partial charge in [-0.2, -0.15) is 0 Å². The molecule has 1 unspecified atom stereocenters. The van der Waals surface area contributed by atoms with E-state index in [1.165, 1.54) is 58.0 Å². The van der Waals surface area contributed by atoms with Gasteiger partial charge in [0.1, 0.15) is 0 Å². The molecule has 0 radical (unpaired) electrons. The molecule has 2 aliphatic rings. The Bertz CT molecular complexity index is 221. The van der Waals surface area contributed by atoms with Crippen LogP contribution in [0.3, 0.4) is 0 Å². The minimum atomic E-state index is 0.343. The fourth-order valence-electron chi connectivity index (χ4n) is 3.81. The second kappa shape index (κ2) is 6.17. The summed E-state index contributed by atoms with van der Waals surface area (Å²) in [5, 5.41) is 12.8. The molecule has 2 fully saturated rings. The molecule has 100 valence electrons. The quantitative estimate of drug-likeness (QED) is 0.766. The van der Waals surface area contributed by atoms with Gasteiger partial charge in [0.2, 0.25) is 0 Å². The van der Waals surface area contributed by atoms with Crippen molar-refractivity contribution in [2.24, 2.45) is 5.41 Å². The van der Waals surface area contributed by atoms with Crippen LogP contribution in [0.15, 0.2) is 0 Å². The van der Waals surface area contributed by atoms with Crippen molar-refractivity contribution in [1.82, 2.24) is 10.2 Å². The monoisotopic (exact) mass is 240 g/mol. The van der Waals surface area contributed by atoms with Crippen molar-refractivity contribution in [2.75, 3.05) is 33.3 Å². The van der Waals surface area contributed by atoms with Gasteiger partial charge in [0.05, 0.1) is 6.61 Å². The largest absolute Gasteiger partial charge is 0.395 e. The molecule has 0 bridgehead atoms. The van der Waals surface area contributed by atoms with Crippen molar-refractivity contribution < 1.29 is 5.11 Å². The first-order valence-corrected chi connectivity index (χ1v) is 7.29. The Labute approximate surface area is 106 Å². The maximum atomic E-state index is 9.42. The number of hydrogen-bond donors (Lipinski definition) is 2. The number of nitrogens with zero attached hydrogens (tertiary/aromatic N) is 1. The molecule has 0 spiro atoms. The Hall–Kier alpha value is -0.120. The van der Waals surface area contributed by atoms with Gasteiger partial charge in [-0.3, -0.25) is 4.90 Å². The highest BCUT2D eigenvalue weighted by Crippen LogP contribution is 2.38. The van der Waals surface area contributed by atoms with Crippen LogP contribution < -0.4 is 5.32 Å². The molecule has 1 atom stereocenters. The summed E-state index contributed by atoms with van der Waals surface area (Å²) in [6.45, 7) is 3.87. The molecule has 1 aliphatic heterocycles. The normalized spacial score (nSPS) is 29.6. The van der Waals surface area contributed by atoms with E-state index in [1.54, 1.807) is 0 Å². The van der Waals surface area contributed by atoms with Crippen molar-refractivity contribution >= 4 is 0 Å². The molecule has 1 saturated heterocycles. The van der Waals surface area contributed by atoms with Gasteiger partial charge in [0.15, 0.2) is 0 Å². The predicted octanol–water partition coefficient (Wildman–Crippen LogP) is 1.61. The number of aliphatic hydroxyl groups excluding tert-OH is 1. The first-order chi connectivity index (χ1) is 8.29. The Morgan fingerprint density at radius 2 is 2.00 bits per heavy atom. The fraction of sp³-hybridized carbons (Fsp3) is 1.00. The van der Waals surface area contributed by atoms with Gasteiger partial charge in [-0.1, -0.05) is 19.3 Å². The Balaban J connectivity index is 1.96. The van der Waals surface area contributed by atoms with Crippen molar-refractivity contribution in [3.63, 3.8) is 0 Å². The van der Waals surface area contributed by atoms with Gasteiger partial charge in [-0.15, -0.1) is 0 Å². The molecule has 0 amide bonds. The second-order valence-corrected chi connectivity index (χ2v) is 6.04. The maximum Gasteiger partial charge on any atom is 0.0586 e. The fourth-order valence-corrected chi connectivity index (χ4v) is 3.81. The highest BCUT2D eigenvalue weighted by atomic mass is 16.3. The second-order valence-electron chi connectivity index (χ2n) is 6.04. The summed E-state index contributed by atoms with van der Waals surface area (Å²) in [5.74, 6) is 0. The molecule has 1 aliphatic carbocycles. The van der Waals surface area contributed by atoms with E-state index in [1.807, 2.05) is 0 Å². The third-order valence-corrected chi connectivity index (χ3v) is 4.71. The first kappa shape index (κ1) is 13.3. The van der Waals surface area contributed by atoms with E-state index in [0.29, 0.717) is 18.1 Å². The molecule has 2 rings (SSSR count). The van der Waals surface area contributed by atoms with Crippen molar-refractivity contribution in [3.8, 4) is 0 Å². The van der Waals surface area contributed by atoms with E-state index >= 15 is 0 Å². The zero-order valence-electron chi connectivity index (χ0n) is 11.2. The van der Waals surface area contributed by atoms with E-state index in [4.69, 9.17) is 0 Å². The Morgan fingerprint density at radius 3 is 2.65 bits per heavy atom. The number of hydrogen-bond acceptors (Lipinski definition) is 3. The van der Waals surface area contributed by atoms with Gasteiger partial charge in [-0.25, -0.2) is 0 Å². The average molecular weight is 240 g/mol. The van der Waals surface area contributed by atoms with Crippen molar-refractivity contribution in [2.45, 2.75) is 51.0 Å². The minimum Gasteiger partial charge on any atom is -0.395 e. The number of aliphatic hydroxyl groups is 1. The number of nitrogens with one attached hydrogen (secondary N) is 1. The average Bonchev–Trinajstić information content (AvgIpc) is 2.77. The molecule has 0 aromatic rings. The number of likely N-dealkylation sites (tertiary alicyclic amines) is 1. The molecular formula is C14H28N2O. The molecule has 0 aromatic heterocycles. The lowest BCUT2D eigenvalue weighted by Gasteiger charge is -2.41. The van der Waals surface area contributed by atoms with E-state index in [2.05, 4.69) is 17.3 Å². The Kier molecular flexibility index (Phi) is 4.83. The summed E-state index contributed by atoms with van der Waals surface area (Å²) in [4.78, 5) is 2.54. The summed E-state index contributed by atoms with van der Waals surface area (Å²) in [6.07, 6.45) is 9.37. The van der Waals surface area contributed by atoms with Crippen LogP contribution in [0.25, 0.3) is 0 Å². The molecule has 1 heterocycles. The lowest BCUT2D eigenvalue weighted by atomic mass is 9.73. The molecular weight excluding hydrogens is 212 g/mol. The van der Waals surface area contributed by atoms with Crippen LogP contribution in [0.2, 0.25) is 0 Å². The molecule has 1 saturated carbocycles. The topological polar surface area (TPSA) is 35.5 Å². The maximum absolute atomic E-state index is 9.42. The standard InChI is InChI=1S/C14H28N2O/c1-15-11-14(7-3-2-4-8-14)12-16-9-5-6-13(16)10-17/h13,15,17H,2-12H2,1H3. The number of rotatable bonds is 5. The lowest BCUT2D eigenvalue weighted by molar-refractivity contribution is 0.0752. The molecule has 2 N–H and O–H groups in total. The van der Waals surface area contributed by atoms with Gasteiger partial charge < -0.3 is 10.4 Å². The van der Waals surface area contributed by atoms with Gasteiger partial charge in [0, 0.05) is 19.1 Å². The zero-order valence-corrected chi connectivity index (χ0v) is 11.2. The van der Waals surface area contributed by atoms with E-state index < -0.39 is 0 Å². The minimum absolute atomic E-state index is 0.343. The van der Waals surface area contributed by atoms with Gasteiger partial charge in [0.25, 0.3) is 0 Å². The van der Waals surface area contributed by atoms with E-state index in [9.17, 15) is 5.11 Å².